The van der Waals surface area contributed by atoms with Crippen LogP contribution in [-0.2, 0) is 11.3 Å². The Balaban J connectivity index is 1.76. The second-order valence-corrected chi connectivity index (χ2v) is 4.13. The molecule has 3 rings (SSSR count). The van der Waals surface area contributed by atoms with Crippen molar-refractivity contribution < 1.29 is 4.79 Å². The van der Waals surface area contributed by atoms with Gasteiger partial charge in [0.05, 0.1) is 6.20 Å². The minimum absolute atomic E-state index is 0.123. The lowest BCUT2D eigenvalue weighted by Gasteiger charge is -2.05. The highest BCUT2D eigenvalue weighted by Crippen LogP contribution is 2.10. The molecule has 2 heterocycles. The van der Waals surface area contributed by atoms with Gasteiger partial charge < -0.3 is 5.32 Å². The monoisotopic (exact) mass is 252 g/mol. The van der Waals surface area contributed by atoms with E-state index in [0.29, 0.717) is 5.65 Å². The first-order valence-corrected chi connectivity index (χ1v) is 5.94. The molecule has 94 valence electrons. The molecule has 0 aliphatic carbocycles. The van der Waals surface area contributed by atoms with Crippen molar-refractivity contribution >= 4 is 22.6 Å². The van der Waals surface area contributed by atoms with E-state index < -0.39 is 0 Å². The molecule has 5 nitrogen and oxygen atoms in total. The van der Waals surface area contributed by atoms with Gasteiger partial charge in [0.25, 0.3) is 0 Å². The molecule has 0 atom stereocenters. The molecule has 0 spiro atoms. The number of carbonyl (C=O) groups excluding carboxylic acids is 1. The van der Waals surface area contributed by atoms with Crippen LogP contribution in [0.3, 0.4) is 0 Å². The summed E-state index contributed by atoms with van der Waals surface area (Å²) < 4.78 is 1.59. The molecule has 3 aromatic rings. The van der Waals surface area contributed by atoms with Crippen LogP contribution >= 0.6 is 0 Å². The Kier molecular flexibility index (Phi) is 2.94. The number of carbonyl (C=O) groups is 1. The third kappa shape index (κ3) is 2.44. The average Bonchev–Trinajstić information content (AvgIpc) is 2.83. The number of hydrogen-bond donors (Lipinski definition) is 1. The number of para-hydroxylation sites is 1. The van der Waals surface area contributed by atoms with Crippen LogP contribution in [0.15, 0.2) is 54.9 Å². The second-order valence-electron chi connectivity index (χ2n) is 4.13. The summed E-state index contributed by atoms with van der Waals surface area (Å²) in [6.07, 6.45) is 3.40. The lowest BCUT2D eigenvalue weighted by molar-refractivity contribution is -0.116. The van der Waals surface area contributed by atoms with E-state index in [1.54, 1.807) is 17.1 Å². The van der Waals surface area contributed by atoms with Crippen molar-refractivity contribution in [3.8, 4) is 0 Å². The van der Waals surface area contributed by atoms with E-state index in [2.05, 4.69) is 15.4 Å². The lowest BCUT2D eigenvalue weighted by Crippen LogP contribution is -2.19. The summed E-state index contributed by atoms with van der Waals surface area (Å²) in [6.45, 7) is 0.148. The van der Waals surface area contributed by atoms with Crippen LogP contribution in [0.1, 0.15) is 0 Å². The van der Waals surface area contributed by atoms with Crippen molar-refractivity contribution in [2.45, 2.75) is 6.54 Å². The van der Waals surface area contributed by atoms with E-state index in [-0.39, 0.29) is 12.5 Å². The van der Waals surface area contributed by atoms with Crippen LogP contribution in [0.2, 0.25) is 0 Å². The molecule has 1 N–H and O–H groups in total. The summed E-state index contributed by atoms with van der Waals surface area (Å²) >= 11 is 0. The third-order valence-corrected chi connectivity index (χ3v) is 2.75. The predicted molar refractivity (Wildman–Crippen MR) is 72.6 cm³/mol. The smallest absolute Gasteiger partial charge is 0.246 e. The summed E-state index contributed by atoms with van der Waals surface area (Å²) in [7, 11) is 0. The second kappa shape index (κ2) is 4.89. The molecule has 0 saturated heterocycles. The van der Waals surface area contributed by atoms with E-state index in [0.717, 1.165) is 11.1 Å². The maximum atomic E-state index is 11.9. The lowest BCUT2D eigenvalue weighted by atomic mass is 10.3. The van der Waals surface area contributed by atoms with E-state index >= 15 is 0 Å². The molecule has 0 fully saturated rings. The topological polar surface area (TPSA) is 59.8 Å². The van der Waals surface area contributed by atoms with Crippen LogP contribution in [0.5, 0.6) is 0 Å². The quantitative estimate of drug-likeness (QED) is 0.776. The highest BCUT2D eigenvalue weighted by Gasteiger charge is 2.08. The van der Waals surface area contributed by atoms with Gasteiger partial charge in [-0.15, -0.1) is 0 Å². The molecular weight excluding hydrogens is 240 g/mol. The summed E-state index contributed by atoms with van der Waals surface area (Å²) in [5.41, 5.74) is 1.49. The number of pyridine rings is 1. The number of aromatic nitrogens is 3. The summed E-state index contributed by atoms with van der Waals surface area (Å²) in [5, 5.41) is 7.91. The number of benzene rings is 1. The number of nitrogens with one attached hydrogen (secondary N) is 1. The number of anilines is 1. The fourth-order valence-corrected chi connectivity index (χ4v) is 1.89. The van der Waals surface area contributed by atoms with Crippen molar-refractivity contribution in [1.82, 2.24) is 14.8 Å². The molecule has 0 bridgehead atoms. The maximum Gasteiger partial charge on any atom is 0.246 e. The van der Waals surface area contributed by atoms with Gasteiger partial charge in [-0.3, -0.25) is 4.79 Å². The van der Waals surface area contributed by atoms with Crippen molar-refractivity contribution in [3.05, 3.63) is 54.9 Å². The molecule has 0 radical (unpaired) electrons. The first-order valence-electron chi connectivity index (χ1n) is 5.94. The molecule has 0 aliphatic rings. The van der Waals surface area contributed by atoms with Crippen LogP contribution in [0.25, 0.3) is 11.0 Å². The summed E-state index contributed by atoms with van der Waals surface area (Å²) in [6, 6.07) is 13.1. The highest BCUT2D eigenvalue weighted by molar-refractivity contribution is 5.91. The number of hydrogen-bond acceptors (Lipinski definition) is 3. The fraction of sp³-hybridized carbons (Fsp3) is 0.0714. The Morgan fingerprint density at radius 2 is 2.00 bits per heavy atom. The molecule has 5 heteroatoms. The summed E-state index contributed by atoms with van der Waals surface area (Å²) in [4.78, 5) is 16.1. The van der Waals surface area contributed by atoms with Gasteiger partial charge >= 0.3 is 0 Å². The molecule has 0 aliphatic heterocycles. The Labute approximate surface area is 109 Å². The molecule has 0 saturated carbocycles. The Hall–Kier alpha value is -2.69. The van der Waals surface area contributed by atoms with Gasteiger partial charge in [0.2, 0.25) is 5.91 Å². The highest BCUT2D eigenvalue weighted by atomic mass is 16.2. The minimum atomic E-state index is -0.123. The number of amides is 1. The molecule has 1 amide bonds. The maximum absolute atomic E-state index is 11.9. The van der Waals surface area contributed by atoms with Gasteiger partial charge in [-0.05, 0) is 24.3 Å². The Morgan fingerprint density at radius 1 is 1.16 bits per heavy atom. The number of fused-ring (bicyclic) bond motifs is 1. The minimum Gasteiger partial charge on any atom is -0.324 e. The Bertz CT molecular complexity index is 706. The zero-order valence-electron chi connectivity index (χ0n) is 10.2. The first-order chi connectivity index (χ1) is 9.33. The van der Waals surface area contributed by atoms with E-state index in [1.165, 1.54) is 0 Å². The predicted octanol–water partition coefficient (Wildman–Crippen LogP) is 2.07. The average molecular weight is 252 g/mol. The van der Waals surface area contributed by atoms with Gasteiger partial charge in [0, 0.05) is 17.3 Å². The van der Waals surface area contributed by atoms with Crippen LogP contribution < -0.4 is 5.32 Å². The van der Waals surface area contributed by atoms with Crippen molar-refractivity contribution in [2.75, 3.05) is 5.32 Å². The molecule has 19 heavy (non-hydrogen) atoms. The van der Waals surface area contributed by atoms with Gasteiger partial charge in [0.1, 0.15) is 6.54 Å². The van der Waals surface area contributed by atoms with Gasteiger partial charge in [-0.1, -0.05) is 18.2 Å². The van der Waals surface area contributed by atoms with Gasteiger partial charge in [-0.25, -0.2) is 9.67 Å². The molecule has 0 unspecified atom stereocenters. The van der Waals surface area contributed by atoms with Gasteiger partial charge in [-0.2, -0.15) is 5.10 Å². The van der Waals surface area contributed by atoms with E-state index in [4.69, 9.17) is 0 Å². The third-order valence-electron chi connectivity index (χ3n) is 2.75. The largest absolute Gasteiger partial charge is 0.324 e. The number of rotatable bonds is 3. The number of nitrogens with zero attached hydrogens (tertiary/aromatic N) is 3. The zero-order valence-corrected chi connectivity index (χ0v) is 10.2. The van der Waals surface area contributed by atoms with Crippen LogP contribution in [0.4, 0.5) is 5.69 Å². The zero-order chi connectivity index (χ0) is 13.1. The van der Waals surface area contributed by atoms with Crippen LogP contribution in [0, 0.1) is 0 Å². The molecule has 1 aromatic carbocycles. The normalized spacial score (nSPS) is 10.5. The first kappa shape index (κ1) is 11.4. The molecular formula is C14H12N4O. The van der Waals surface area contributed by atoms with E-state index in [9.17, 15) is 4.79 Å². The SMILES string of the molecule is O=C(Cn1ncc2cccnc21)Nc1ccccc1. The van der Waals surface area contributed by atoms with Crippen molar-refractivity contribution in [1.29, 1.82) is 0 Å². The van der Waals surface area contributed by atoms with Gasteiger partial charge in [0.15, 0.2) is 5.65 Å². The van der Waals surface area contributed by atoms with Crippen molar-refractivity contribution in [3.63, 3.8) is 0 Å². The van der Waals surface area contributed by atoms with E-state index in [1.807, 2.05) is 42.5 Å². The fourth-order valence-electron chi connectivity index (χ4n) is 1.89. The molecule has 2 aromatic heterocycles. The van der Waals surface area contributed by atoms with Crippen LogP contribution in [-0.4, -0.2) is 20.7 Å². The van der Waals surface area contributed by atoms with Crippen molar-refractivity contribution in [2.24, 2.45) is 0 Å². The Morgan fingerprint density at radius 3 is 2.84 bits per heavy atom. The standard InChI is InChI=1S/C14H12N4O/c19-13(17-12-6-2-1-3-7-12)10-18-14-11(9-16-18)5-4-8-15-14/h1-9H,10H2,(H,17,19). The summed E-state index contributed by atoms with van der Waals surface area (Å²) in [5.74, 6) is -0.123.